The summed E-state index contributed by atoms with van der Waals surface area (Å²) in [6.45, 7) is 1.55. The maximum Gasteiger partial charge on any atom is 0.394 e. The van der Waals surface area contributed by atoms with Crippen LogP contribution < -0.4 is 0 Å². The molecule has 33 heavy (non-hydrogen) atoms. The van der Waals surface area contributed by atoms with Gasteiger partial charge in [-0.2, -0.15) is 8.78 Å². The number of esters is 1. The summed E-state index contributed by atoms with van der Waals surface area (Å²) >= 11 is 0. The van der Waals surface area contributed by atoms with Gasteiger partial charge in [-0.15, -0.1) is 0 Å². The minimum Gasteiger partial charge on any atom is -0.463 e. The zero-order valence-electron chi connectivity index (χ0n) is 20.5. The van der Waals surface area contributed by atoms with E-state index in [1.165, 1.54) is 83.5 Å². The SMILES string of the molecule is CCCCCCCCCCCCCCCCCCCC(=O)OCC(O)CC(F)(F)P(=O)(O)O. The summed E-state index contributed by atoms with van der Waals surface area (Å²) in [6.07, 6.45) is 17.8. The number of halogens is 2. The second-order valence-electron chi connectivity index (χ2n) is 9.16. The minimum absolute atomic E-state index is 0.139. The Morgan fingerprint density at radius 3 is 1.52 bits per heavy atom. The van der Waals surface area contributed by atoms with Gasteiger partial charge in [-0.3, -0.25) is 9.36 Å². The van der Waals surface area contributed by atoms with Crippen LogP contribution in [0.25, 0.3) is 0 Å². The summed E-state index contributed by atoms with van der Waals surface area (Å²) in [4.78, 5) is 28.7. The molecule has 0 aliphatic heterocycles. The van der Waals surface area contributed by atoms with E-state index in [1.54, 1.807) is 0 Å². The van der Waals surface area contributed by atoms with Crippen LogP contribution in [-0.4, -0.2) is 39.2 Å². The number of carbonyl (C=O) groups is 1. The molecule has 9 heteroatoms. The molecule has 0 fully saturated rings. The number of carbonyl (C=O) groups excluding carboxylic acids is 1. The quantitative estimate of drug-likeness (QED) is 0.0786. The molecule has 0 aliphatic rings. The van der Waals surface area contributed by atoms with Gasteiger partial charge in [0.05, 0.1) is 12.5 Å². The van der Waals surface area contributed by atoms with E-state index in [2.05, 4.69) is 6.92 Å². The molecule has 0 spiro atoms. The molecular formula is C24H47F2O6P. The van der Waals surface area contributed by atoms with Crippen molar-refractivity contribution in [3.05, 3.63) is 0 Å². The molecule has 0 aromatic carbocycles. The van der Waals surface area contributed by atoms with Crippen molar-refractivity contribution in [2.75, 3.05) is 6.61 Å². The number of hydrogen-bond acceptors (Lipinski definition) is 4. The summed E-state index contributed by atoms with van der Waals surface area (Å²) in [5.74, 6) is -0.602. The molecule has 0 bridgehead atoms. The van der Waals surface area contributed by atoms with Gasteiger partial charge in [0.2, 0.25) is 0 Å². The van der Waals surface area contributed by atoms with Crippen molar-refractivity contribution in [1.29, 1.82) is 0 Å². The number of rotatable bonds is 23. The lowest BCUT2D eigenvalue weighted by Gasteiger charge is -2.20. The highest BCUT2D eigenvalue weighted by Gasteiger charge is 2.49. The average molecular weight is 501 g/mol. The predicted molar refractivity (Wildman–Crippen MR) is 127 cm³/mol. The first-order valence-electron chi connectivity index (χ1n) is 12.9. The molecule has 0 aliphatic carbocycles. The highest BCUT2D eigenvalue weighted by atomic mass is 31.2. The zero-order valence-corrected chi connectivity index (χ0v) is 21.4. The van der Waals surface area contributed by atoms with Crippen molar-refractivity contribution in [3.8, 4) is 0 Å². The number of unbranched alkanes of at least 4 members (excludes halogenated alkanes) is 16. The minimum atomic E-state index is -5.65. The average Bonchev–Trinajstić information content (AvgIpc) is 2.73. The summed E-state index contributed by atoms with van der Waals surface area (Å²) in [5.41, 5.74) is -4.34. The van der Waals surface area contributed by atoms with E-state index in [1.807, 2.05) is 0 Å². The van der Waals surface area contributed by atoms with Crippen LogP contribution >= 0.6 is 7.60 Å². The van der Waals surface area contributed by atoms with Crippen molar-refractivity contribution in [3.63, 3.8) is 0 Å². The molecule has 0 saturated carbocycles. The second-order valence-corrected chi connectivity index (χ2v) is 10.9. The Labute approximate surface area is 199 Å². The maximum atomic E-state index is 13.2. The molecule has 6 nitrogen and oxygen atoms in total. The molecule has 0 radical (unpaired) electrons. The van der Waals surface area contributed by atoms with Crippen LogP contribution in [0.3, 0.4) is 0 Å². The summed E-state index contributed by atoms with van der Waals surface area (Å²) < 4.78 is 41.7. The molecule has 0 aromatic rings. The molecule has 3 N–H and O–H groups in total. The highest BCUT2D eigenvalue weighted by molar-refractivity contribution is 7.53. The van der Waals surface area contributed by atoms with Crippen LogP contribution in [-0.2, 0) is 14.1 Å². The molecule has 0 saturated heterocycles. The first-order chi connectivity index (χ1) is 15.6. The van der Waals surface area contributed by atoms with E-state index >= 15 is 0 Å². The Morgan fingerprint density at radius 2 is 1.15 bits per heavy atom. The van der Waals surface area contributed by atoms with Crippen molar-refractivity contribution in [2.45, 2.75) is 141 Å². The lowest BCUT2D eigenvalue weighted by atomic mass is 10.0. The van der Waals surface area contributed by atoms with Crippen LogP contribution in [0.5, 0.6) is 0 Å². The highest BCUT2D eigenvalue weighted by Crippen LogP contribution is 2.55. The van der Waals surface area contributed by atoms with Crippen LogP contribution in [0.2, 0.25) is 0 Å². The fourth-order valence-electron chi connectivity index (χ4n) is 3.72. The van der Waals surface area contributed by atoms with E-state index in [0.29, 0.717) is 6.42 Å². The lowest BCUT2D eigenvalue weighted by molar-refractivity contribution is -0.148. The maximum absolute atomic E-state index is 13.2. The van der Waals surface area contributed by atoms with Crippen LogP contribution in [0.1, 0.15) is 129 Å². The molecule has 0 amide bonds. The largest absolute Gasteiger partial charge is 0.463 e. The van der Waals surface area contributed by atoms with E-state index in [-0.39, 0.29) is 6.42 Å². The third-order valence-corrected chi connectivity index (χ3v) is 6.86. The Kier molecular flexibility index (Phi) is 19.4. The zero-order chi connectivity index (χ0) is 25.0. The molecule has 0 heterocycles. The fraction of sp³-hybridized carbons (Fsp3) is 0.958. The van der Waals surface area contributed by atoms with Gasteiger partial charge < -0.3 is 19.6 Å². The summed E-state index contributed by atoms with van der Waals surface area (Å²) in [6, 6.07) is 0. The normalized spacial score (nSPS) is 13.3. The monoisotopic (exact) mass is 500 g/mol. The molecule has 0 rings (SSSR count). The van der Waals surface area contributed by atoms with Gasteiger partial charge in [0.1, 0.15) is 6.61 Å². The van der Waals surface area contributed by atoms with Crippen molar-refractivity contribution < 1.29 is 37.8 Å². The Hall–Kier alpha value is -0.560. The van der Waals surface area contributed by atoms with Crippen LogP contribution in [0.15, 0.2) is 0 Å². The van der Waals surface area contributed by atoms with Crippen molar-refractivity contribution >= 4 is 13.6 Å². The number of ether oxygens (including phenoxy) is 1. The van der Waals surface area contributed by atoms with E-state index in [9.17, 15) is 23.2 Å². The number of hydrogen-bond donors (Lipinski definition) is 3. The van der Waals surface area contributed by atoms with Gasteiger partial charge in [0, 0.05) is 6.42 Å². The number of aliphatic hydroxyl groups excluding tert-OH is 1. The fourth-order valence-corrected chi connectivity index (χ4v) is 4.17. The van der Waals surface area contributed by atoms with Gasteiger partial charge in [-0.05, 0) is 6.42 Å². The molecular weight excluding hydrogens is 453 g/mol. The van der Waals surface area contributed by atoms with E-state index < -0.39 is 38.4 Å². The van der Waals surface area contributed by atoms with E-state index in [0.717, 1.165) is 19.3 Å². The first-order valence-corrected chi connectivity index (χ1v) is 14.5. The topological polar surface area (TPSA) is 104 Å². The predicted octanol–water partition coefficient (Wildman–Crippen LogP) is 7.09. The molecule has 0 aromatic heterocycles. The van der Waals surface area contributed by atoms with Crippen LogP contribution in [0.4, 0.5) is 8.78 Å². The first kappa shape index (κ1) is 32.4. The van der Waals surface area contributed by atoms with Gasteiger partial charge in [-0.1, -0.05) is 110 Å². The lowest BCUT2D eigenvalue weighted by Crippen LogP contribution is -2.28. The summed E-state index contributed by atoms with van der Waals surface area (Å²) in [7, 11) is -5.65. The van der Waals surface area contributed by atoms with Gasteiger partial charge in [-0.25, -0.2) is 0 Å². The molecule has 1 unspecified atom stereocenters. The third kappa shape index (κ3) is 19.4. The van der Waals surface area contributed by atoms with Gasteiger partial charge in [0.15, 0.2) is 0 Å². The van der Waals surface area contributed by atoms with Crippen molar-refractivity contribution in [2.24, 2.45) is 0 Å². The second kappa shape index (κ2) is 19.7. The summed E-state index contributed by atoms with van der Waals surface area (Å²) in [5, 5.41) is 9.42. The third-order valence-electron chi connectivity index (χ3n) is 5.83. The van der Waals surface area contributed by atoms with Crippen LogP contribution in [0, 0.1) is 0 Å². The van der Waals surface area contributed by atoms with Crippen molar-refractivity contribution in [1.82, 2.24) is 0 Å². The molecule has 1 atom stereocenters. The van der Waals surface area contributed by atoms with Gasteiger partial charge in [0.25, 0.3) is 0 Å². The Balaban J connectivity index is 3.43. The smallest absolute Gasteiger partial charge is 0.394 e. The molecule has 198 valence electrons. The Morgan fingerprint density at radius 1 is 0.788 bits per heavy atom. The van der Waals surface area contributed by atoms with Gasteiger partial charge >= 0.3 is 19.2 Å². The number of aliphatic hydroxyl groups is 1. The standard InChI is InChI=1S/C24H47F2O6P/c1-2-3-4-5-6-7-8-9-10-11-12-13-14-15-16-17-18-19-23(28)32-21-22(27)20-24(25,26)33(29,30)31/h22,27H,2-21H2,1H3,(H2,29,30,31). The number of alkyl halides is 2. The Bertz CT molecular complexity index is 527. The van der Waals surface area contributed by atoms with E-state index in [4.69, 9.17) is 14.5 Å².